The Morgan fingerprint density at radius 2 is 1.69 bits per heavy atom. The number of allylic oxidation sites excluding steroid dienone is 5. The Kier molecular flexibility index (Phi) is 21.5. The zero-order valence-electron chi connectivity index (χ0n) is 47.3. The van der Waals surface area contributed by atoms with Gasteiger partial charge in [0.1, 0.15) is 18.0 Å². The molecule has 0 aromatic heterocycles. The molecule has 16 N–H and O–H groups in total. The molecular formula is C64H89N7O9. The van der Waals surface area contributed by atoms with Crippen LogP contribution in [0.3, 0.4) is 0 Å². The van der Waals surface area contributed by atoms with E-state index in [1.165, 1.54) is 5.57 Å². The van der Waals surface area contributed by atoms with Crippen molar-refractivity contribution in [2.24, 2.45) is 45.4 Å². The van der Waals surface area contributed by atoms with Crippen molar-refractivity contribution >= 4 is 17.6 Å². The first-order chi connectivity index (χ1) is 38.2. The lowest BCUT2D eigenvalue weighted by atomic mass is 9.52. The van der Waals surface area contributed by atoms with Crippen molar-refractivity contribution in [2.75, 3.05) is 32.8 Å². The van der Waals surface area contributed by atoms with Gasteiger partial charge < -0.3 is 63.6 Å². The van der Waals surface area contributed by atoms with E-state index in [0.717, 1.165) is 47.2 Å². The molecule has 0 saturated heterocycles. The molecule has 2 heterocycles. The van der Waals surface area contributed by atoms with Gasteiger partial charge in [-0.25, -0.2) is 0 Å². The van der Waals surface area contributed by atoms with Crippen molar-refractivity contribution in [2.45, 2.75) is 153 Å². The summed E-state index contributed by atoms with van der Waals surface area (Å²) in [7, 11) is 0. The quantitative estimate of drug-likeness (QED) is 0.0275. The van der Waals surface area contributed by atoms with Gasteiger partial charge in [0.2, 0.25) is 5.91 Å². The van der Waals surface area contributed by atoms with Gasteiger partial charge in [0, 0.05) is 49.4 Å². The van der Waals surface area contributed by atoms with Gasteiger partial charge in [0.15, 0.2) is 11.7 Å². The molecule has 2 saturated carbocycles. The Bertz CT molecular complexity index is 2800. The Balaban J connectivity index is 1.28. The number of carbonyl (C=O) groups is 2. The van der Waals surface area contributed by atoms with E-state index < -0.39 is 71.1 Å². The fourth-order valence-corrected chi connectivity index (χ4v) is 13.5. The molecule has 2 bridgehead atoms. The fraction of sp³-hybridized carbons (Fsp3) is 0.516. The second kappa shape index (κ2) is 27.8. The van der Waals surface area contributed by atoms with E-state index in [9.17, 15) is 40.5 Å². The number of carbonyl (C=O) groups excluding carboxylic acids is 2. The zero-order chi connectivity index (χ0) is 57.9. The molecule has 3 aromatic rings. The third kappa shape index (κ3) is 14.4. The van der Waals surface area contributed by atoms with Crippen molar-refractivity contribution in [1.82, 2.24) is 16.0 Å². The van der Waals surface area contributed by atoms with Crippen LogP contribution in [0.1, 0.15) is 137 Å². The average Bonchev–Trinajstić information content (AvgIpc) is 4.00. The molecule has 7 rings (SSSR count). The summed E-state index contributed by atoms with van der Waals surface area (Å²) >= 11 is 0. The molecule has 16 heteroatoms. The maximum Gasteiger partial charge on any atom is 0.243 e. The smallest absolute Gasteiger partial charge is 0.243 e. The molecule has 12 atom stereocenters. The van der Waals surface area contributed by atoms with Crippen LogP contribution in [0.5, 0.6) is 5.75 Å². The van der Waals surface area contributed by atoms with E-state index in [1.807, 2.05) is 60.7 Å². The van der Waals surface area contributed by atoms with E-state index in [1.54, 1.807) is 38.1 Å². The largest absolute Gasteiger partial charge is 0.508 e. The number of rotatable bonds is 16. The summed E-state index contributed by atoms with van der Waals surface area (Å²) in [5.74, 6) is -2.80. The Labute approximate surface area is 472 Å². The van der Waals surface area contributed by atoms with Crippen LogP contribution in [0.2, 0.25) is 0 Å². The number of guanidine groups is 1. The van der Waals surface area contributed by atoms with Crippen LogP contribution in [-0.2, 0) is 28.9 Å². The van der Waals surface area contributed by atoms with Gasteiger partial charge in [-0.2, -0.15) is 0 Å². The third-order valence-corrected chi connectivity index (χ3v) is 17.9. The van der Waals surface area contributed by atoms with E-state index in [-0.39, 0.29) is 75.5 Å². The van der Waals surface area contributed by atoms with Crippen molar-refractivity contribution in [3.63, 3.8) is 0 Å². The van der Waals surface area contributed by atoms with Crippen LogP contribution in [0.25, 0.3) is 0 Å². The number of nitrogens with one attached hydrogen (secondary N) is 3. The highest BCUT2D eigenvalue weighted by atomic mass is 16.3. The molecule has 1 amide bonds. The first kappa shape index (κ1) is 61.8. The lowest BCUT2D eigenvalue weighted by Crippen LogP contribution is -2.59. The average molecular weight is 1100 g/mol. The number of nitrogens with zero attached hydrogens (tertiary/aromatic N) is 1. The second-order valence-corrected chi connectivity index (χ2v) is 23.4. The van der Waals surface area contributed by atoms with Gasteiger partial charge in [-0.3, -0.25) is 19.9 Å². The number of aliphatic imine (C=N–C) groups is 1. The number of hydrogen-bond acceptors (Lipinski definition) is 13. The Morgan fingerprint density at radius 3 is 2.39 bits per heavy atom. The van der Waals surface area contributed by atoms with E-state index in [4.69, 9.17) is 17.2 Å². The number of aliphatic hydroxyl groups excluding tert-OH is 5. The highest BCUT2D eigenvalue weighted by Gasteiger charge is 2.64. The van der Waals surface area contributed by atoms with Gasteiger partial charge in [-0.05, 0) is 179 Å². The lowest BCUT2D eigenvalue weighted by molar-refractivity contribution is -0.168. The zero-order valence-corrected chi connectivity index (χ0v) is 47.3. The van der Waals surface area contributed by atoms with E-state index >= 15 is 4.79 Å². The summed E-state index contributed by atoms with van der Waals surface area (Å²) in [5.41, 5.74) is 24.0. The molecule has 2 aliphatic heterocycles. The molecule has 3 aromatic carbocycles. The van der Waals surface area contributed by atoms with Gasteiger partial charge in [0.05, 0.1) is 30.5 Å². The number of ketones is 1. The number of Topliss-reactive ketones (excluding diaryl/α,β-unsaturated/α-hetero) is 1. The number of nitrogens with two attached hydrogens (primary N) is 3. The summed E-state index contributed by atoms with van der Waals surface area (Å²) in [6.07, 6.45) is 8.69. The first-order valence-corrected chi connectivity index (χ1v) is 28.7. The first-order valence-electron chi connectivity index (χ1n) is 28.7. The van der Waals surface area contributed by atoms with E-state index in [0.29, 0.717) is 66.4 Å². The number of phenols is 1. The summed E-state index contributed by atoms with van der Waals surface area (Å²) in [4.78, 5) is 33.7. The molecule has 1 spiro atoms. The highest BCUT2D eigenvalue weighted by molar-refractivity contribution is 5.98. The van der Waals surface area contributed by atoms with Gasteiger partial charge in [0.25, 0.3) is 0 Å². The number of fused-ring (bicyclic) bond motifs is 4. The van der Waals surface area contributed by atoms with Crippen LogP contribution in [0, 0.1) is 23.2 Å². The maximum absolute atomic E-state index is 15.1. The summed E-state index contributed by atoms with van der Waals surface area (Å²) in [6, 6.07) is 18.9. The predicted molar refractivity (Wildman–Crippen MR) is 314 cm³/mol. The third-order valence-electron chi connectivity index (χ3n) is 17.9. The Hall–Kier alpha value is -5.79. The SMILES string of the molecule is C=C(/C=C/C=C(/CO)[C@H]1CC[C@@]2([C@@H]3CC[C@H](O)Cc4cccc(c4)C[C@H]([C@H](CN=C(N)N)c4ccc(O)cc4)[C@H](O)CN[C@H]4C(=O)N[C@H](N)c5cccc(c54)CC(=O)/C(C)=C/3CC[C@@]2(C)O)[C@@H]1O)[C@H](CC=C(C)C)NCCCCO. The number of amides is 1. The summed E-state index contributed by atoms with van der Waals surface area (Å²) in [6.45, 7) is 12.6. The molecular weight excluding hydrogens is 1010 g/mol. The number of hydrogen-bond donors (Lipinski definition) is 13. The van der Waals surface area contributed by atoms with E-state index in [2.05, 4.69) is 47.4 Å². The topological polar surface area (TPSA) is 302 Å². The number of unbranched alkanes of at least 4 members (excludes halogenated alkanes) is 1. The van der Waals surface area contributed by atoms with Crippen LogP contribution in [0.15, 0.2) is 130 Å². The lowest BCUT2D eigenvalue weighted by Gasteiger charge is -2.56. The monoisotopic (exact) mass is 1100 g/mol. The molecule has 16 nitrogen and oxygen atoms in total. The fourth-order valence-electron chi connectivity index (χ4n) is 13.5. The Morgan fingerprint density at radius 1 is 0.963 bits per heavy atom. The second-order valence-electron chi connectivity index (χ2n) is 23.4. The molecule has 0 radical (unpaired) electrons. The molecule has 4 aliphatic rings. The number of aromatic hydroxyl groups is 1. The van der Waals surface area contributed by atoms with Gasteiger partial charge >= 0.3 is 0 Å². The minimum Gasteiger partial charge on any atom is -0.508 e. The van der Waals surface area contributed by atoms with Crippen LogP contribution in [-0.4, -0.2) is 116 Å². The highest BCUT2D eigenvalue weighted by Crippen LogP contribution is 2.63. The van der Waals surface area contributed by atoms with Crippen molar-refractivity contribution in [3.05, 3.63) is 159 Å². The van der Waals surface area contributed by atoms with Gasteiger partial charge in [-0.1, -0.05) is 96.6 Å². The minimum absolute atomic E-state index is 0.0486. The van der Waals surface area contributed by atoms with Crippen molar-refractivity contribution in [1.29, 1.82) is 0 Å². The van der Waals surface area contributed by atoms with Crippen LogP contribution >= 0.6 is 0 Å². The molecule has 80 heavy (non-hydrogen) atoms. The van der Waals surface area contributed by atoms with Crippen molar-refractivity contribution < 1.29 is 45.3 Å². The molecule has 0 unspecified atom stereocenters. The van der Waals surface area contributed by atoms with Crippen LogP contribution < -0.4 is 33.2 Å². The predicted octanol–water partition coefficient (Wildman–Crippen LogP) is 5.55. The number of β-amino-alcohol motifs (C(OH)–C–C–N with tert-alkyl or cyclic N) is 1. The summed E-state index contributed by atoms with van der Waals surface area (Å²) in [5, 5.41) is 90.7. The minimum atomic E-state index is -1.41. The number of aliphatic hydroxyl groups is 6. The van der Waals surface area contributed by atoms with Crippen molar-refractivity contribution in [3.8, 4) is 5.75 Å². The maximum atomic E-state index is 15.1. The molecule has 2 aliphatic carbocycles. The summed E-state index contributed by atoms with van der Waals surface area (Å²) < 4.78 is 0. The molecule has 434 valence electrons. The van der Waals surface area contributed by atoms with Crippen LogP contribution in [0.4, 0.5) is 0 Å². The standard InChI is InChI=1S/C64H89N7O9/c1-38(2)17-24-54(68-29-6-7-30-72)39(3)11-8-15-45(37-73)49-26-28-64(59(49)78)53-23-22-47(75)32-41-12-9-13-42(31-41)33-51(52(35-70-62(66)67)43-18-20-46(74)21-19-43)56(77)36-69-58-57-44(14-10-16-50(57)60(65)71-61(58)79)34-55(76)40(4)48(53)25-27-63(64,5)80/h8-21,31,47,49,51-54,56,58-60,68-69,72-75,77-78,80H,3,6-7,22-30,32-37,65H2,1-2,4-5H3,(H,71,79)(H4,66,67,70)/b11-8+,45-15-,48-40+/t47-,49+,51+,52+,53+,54-,56+,58+,59+,60-,63+,64+/m0/s1. The molecule has 2 fully saturated rings. The number of benzene rings is 3. The number of phenolic OH excluding ortho intramolecular Hbond substituents is 1. The normalized spacial score (nSPS) is 29.5. The van der Waals surface area contributed by atoms with Gasteiger partial charge in [-0.15, -0.1) is 0 Å².